The van der Waals surface area contributed by atoms with Crippen molar-refractivity contribution in [1.82, 2.24) is 14.7 Å². The Kier molecular flexibility index (Phi) is 8.13. The molecule has 4 aromatic rings. The molecule has 0 saturated heterocycles. The normalized spacial score (nSPS) is 10.8. The number of para-hydroxylation sites is 1. The van der Waals surface area contributed by atoms with Crippen molar-refractivity contribution in [3.63, 3.8) is 0 Å². The first-order chi connectivity index (χ1) is 17.4. The fraction of sp³-hybridized carbons (Fsp3) is 0.179. The van der Waals surface area contributed by atoms with Gasteiger partial charge in [0.2, 0.25) is 11.8 Å². The summed E-state index contributed by atoms with van der Waals surface area (Å²) in [5.41, 5.74) is 2.87. The molecule has 184 valence electrons. The molecule has 1 heterocycles. The van der Waals surface area contributed by atoms with Crippen molar-refractivity contribution < 1.29 is 14.0 Å². The van der Waals surface area contributed by atoms with E-state index < -0.39 is 0 Å². The quantitative estimate of drug-likeness (QED) is 0.315. The Morgan fingerprint density at radius 2 is 1.69 bits per heavy atom. The molecule has 0 aliphatic carbocycles. The molecule has 1 N–H and O–H groups in total. The Morgan fingerprint density at radius 1 is 1.00 bits per heavy atom. The minimum Gasteiger partial charge on any atom is -0.333 e. The number of hydrogen-bond acceptors (Lipinski definition) is 3. The van der Waals surface area contributed by atoms with E-state index in [1.807, 2.05) is 55.5 Å². The number of amides is 2. The molecule has 4 rings (SSSR count). The van der Waals surface area contributed by atoms with Crippen LogP contribution in [0.1, 0.15) is 18.9 Å². The molecule has 3 aromatic carbocycles. The zero-order valence-corrected chi connectivity index (χ0v) is 20.6. The van der Waals surface area contributed by atoms with Crippen LogP contribution in [-0.2, 0) is 16.0 Å². The van der Waals surface area contributed by atoms with Crippen LogP contribution in [0.5, 0.6) is 0 Å². The van der Waals surface area contributed by atoms with Crippen molar-refractivity contribution >= 4 is 29.2 Å². The summed E-state index contributed by atoms with van der Waals surface area (Å²) in [6, 6.07) is 24.4. The molecule has 0 atom stereocenters. The highest BCUT2D eigenvalue weighted by molar-refractivity contribution is 6.32. The Hall–Kier alpha value is -3.97. The summed E-state index contributed by atoms with van der Waals surface area (Å²) in [5, 5.41) is 8.07. The second-order valence-corrected chi connectivity index (χ2v) is 8.72. The number of aromatic nitrogens is 2. The summed E-state index contributed by atoms with van der Waals surface area (Å²) in [6.45, 7) is 2.24. The number of nitrogens with one attached hydrogen (secondary N) is 1. The highest BCUT2D eigenvalue weighted by Crippen LogP contribution is 2.28. The summed E-state index contributed by atoms with van der Waals surface area (Å²) in [5.74, 6) is -0.484. The minimum atomic E-state index is -0.360. The summed E-state index contributed by atoms with van der Waals surface area (Å²) in [6.07, 6.45) is 0.779. The fourth-order valence-corrected chi connectivity index (χ4v) is 4.05. The van der Waals surface area contributed by atoms with E-state index in [0.29, 0.717) is 40.8 Å². The first kappa shape index (κ1) is 25.1. The zero-order chi connectivity index (χ0) is 25.5. The Balaban J connectivity index is 1.55. The van der Waals surface area contributed by atoms with Gasteiger partial charge < -0.3 is 10.2 Å². The second-order valence-electron chi connectivity index (χ2n) is 8.31. The van der Waals surface area contributed by atoms with Gasteiger partial charge in [-0.2, -0.15) is 5.10 Å². The van der Waals surface area contributed by atoms with Crippen molar-refractivity contribution in [2.75, 3.05) is 18.4 Å². The van der Waals surface area contributed by atoms with Crippen LogP contribution in [0.2, 0.25) is 5.02 Å². The van der Waals surface area contributed by atoms with E-state index in [9.17, 15) is 14.0 Å². The Labute approximate surface area is 214 Å². The summed E-state index contributed by atoms with van der Waals surface area (Å²) in [7, 11) is 0. The molecule has 2 amide bonds. The third-order valence-corrected chi connectivity index (χ3v) is 5.90. The van der Waals surface area contributed by atoms with E-state index >= 15 is 0 Å². The third-order valence-electron chi connectivity index (χ3n) is 5.58. The Morgan fingerprint density at radius 3 is 2.39 bits per heavy atom. The van der Waals surface area contributed by atoms with Crippen LogP contribution in [-0.4, -0.2) is 39.6 Å². The topological polar surface area (TPSA) is 67.2 Å². The number of nitrogens with zero attached hydrogens (tertiary/aromatic N) is 3. The number of anilines is 1. The van der Waals surface area contributed by atoms with Crippen molar-refractivity contribution in [3.05, 3.63) is 101 Å². The van der Waals surface area contributed by atoms with Crippen LogP contribution in [0.15, 0.2) is 84.9 Å². The van der Waals surface area contributed by atoms with Gasteiger partial charge in [-0.05, 0) is 36.2 Å². The molecule has 0 bridgehead atoms. The van der Waals surface area contributed by atoms with Gasteiger partial charge >= 0.3 is 0 Å². The van der Waals surface area contributed by atoms with Crippen molar-refractivity contribution in [3.8, 4) is 16.9 Å². The lowest BCUT2D eigenvalue weighted by molar-refractivity contribution is -0.134. The van der Waals surface area contributed by atoms with Crippen LogP contribution >= 0.6 is 11.6 Å². The van der Waals surface area contributed by atoms with Gasteiger partial charge in [-0.1, -0.05) is 73.1 Å². The van der Waals surface area contributed by atoms with Crippen LogP contribution in [0.4, 0.5) is 10.2 Å². The first-order valence-corrected chi connectivity index (χ1v) is 12.0. The molecule has 0 aliphatic rings. The number of hydrogen-bond donors (Lipinski definition) is 1. The van der Waals surface area contributed by atoms with Crippen LogP contribution in [0.3, 0.4) is 0 Å². The van der Waals surface area contributed by atoms with Gasteiger partial charge in [0.25, 0.3) is 0 Å². The number of carbonyl (C=O) groups excluding carboxylic acids is 2. The molecule has 0 aliphatic heterocycles. The highest BCUT2D eigenvalue weighted by atomic mass is 35.5. The maximum Gasteiger partial charge on any atom is 0.245 e. The molecule has 0 fully saturated rings. The van der Waals surface area contributed by atoms with Gasteiger partial charge in [0.15, 0.2) is 0 Å². The SMILES string of the molecule is CCCN(CC(=O)Nc1cc(-c2ccccc2)nn1-c1ccccc1Cl)C(=O)Cc1ccc(F)cc1. The molecule has 36 heavy (non-hydrogen) atoms. The lowest BCUT2D eigenvalue weighted by atomic mass is 10.1. The largest absolute Gasteiger partial charge is 0.333 e. The highest BCUT2D eigenvalue weighted by Gasteiger charge is 2.20. The van der Waals surface area contributed by atoms with Gasteiger partial charge in [-0.3, -0.25) is 9.59 Å². The third kappa shape index (κ3) is 6.17. The minimum absolute atomic E-state index is 0.0866. The van der Waals surface area contributed by atoms with Gasteiger partial charge in [0, 0.05) is 18.2 Å². The lowest BCUT2D eigenvalue weighted by Crippen LogP contribution is -2.39. The maximum atomic E-state index is 13.2. The fourth-order valence-electron chi connectivity index (χ4n) is 3.83. The molecule has 6 nitrogen and oxygen atoms in total. The van der Waals surface area contributed by atoms with E-state index in [-0.39, 0.29) is 30.6 Å². The molecular weight excluding hydrogens is 479 g/mol. The number of benzene rings is 3. The summed E-state index contributed by atoms with van der Waals surface area (Å²) < 4.78 is 14.8. The smallest absolute Gasteiger partial charge is 0.245 e. The van der Waals surface area contributed by atoms with Crippen molar-refractivity contribution in [2.24, 2.45) is 0 Å². The maximum absolute atomic E-state index is 13.2. The summed E-state index contributed by atoms with van der Waals surface area (Å²) >= 11 is 6.43. The molecule has 0 spiro atoms. The Bertz CT molecular complexity index is 1340. The standard InChI is InChI=1S/C28H26ClFN4O2/c1-2-16-33(28(36)17-20-12-14-22(30)15-13-20)19-27(35)31-26-18-24(21-8-4-3-5-9-21)32-34(26)25-11-7-6-10-23(25)29/h3-15,18H,2,16-17,19H2,1H3,(H,31,35). The molecule has 0 saturated carbocycles. The number of halogens is 2. The van der Waals surface area contributed by atoms with E-state index in [0.717, 1.165) is 5.56 Å². The average molecular weight is 505 g/mol. The van der Waals surface area contributed by atoms with Gasteiger partial charge in [0.05, 0.1) is 29.4 Å². The molecule has 0 unspecified atom stereocenters. The predicted molar refractivity (Wildman–Crippen MR) is 140 cm³/mol. The summed E-state index contributed by atoms with van der Waals surface area (Å²) in [4.78, 5) is 27.5. The average Bonchev–Trinajstić information content (AvgIpc) is 3.29. The van der Waals surface area contributed by atoms with Crippen LogP contribution < -0.4 is 5.32 Å². The number of carbonyl (C=O) groups is 2. The first-order valence-electron chi connectivity index (χ1n) is 11.7. The van der Waals surface area contributed by atoms with E-state index in [2.05, 4.69) is 10.4 Å². The van der Waals surface area contributed by atoms with Gasteiger partial charge in [-0.15, -0.1) is 0 Å². The predicted octanol–water partition coefficient (Wildman–Crippen LogP) is 5.75. The van der Waals surface area contributed by atoms with Crippen molar-refractivity contribution in [1.29, 1.82) is 0 Å². The van der Waals surface area contributed by atoms with Crippen molar-refractivity contribution in [2.45, 2.75) is 19.8 Å². The zero-order valence-electron chi connectivity index (χ0n) is 19.8. The van der Waals surface area contributed by atoms with E-state index in [1.165, 1.54) is 17.0 Å². The second kappa shape index (κ2) is 11.6. The monoisotopic (exact) mass is 504 g/mol. The van der Waals surface area contributed by atoms with Gasteiger partial charge in [-0.25, -0.2) is 9.07 Å². The van der Waals surface area contributed by atoms with Gasteiger partial charge in [0.1, 0.15) is 11.6 Å². The molecule has 0 radical (unpaired) electrons. The van der Waals surface area contributed by atoms with E-state index in [1.54, 1.807) is 28.9 Å². The van der Waals surface area contributed by atoms with E-state index in [4.69, 9.17) is 11.6 Å². The lowest BCUT2D eigenvalue weighted by Gasteiger charge is -2.22. The van der Waals surface area contributed by atoms with Crippen LogP contribution in [0, 0.1) is 5.82 Å². The van der Waals surface area contributed by atoms with Crippen LogP contribution in [0.25, 0.3) is 16.9 Å². The number of rotatable bonds is 9. The molecule has 8 heteroatoms. The molecular formula is C28H26ClFN4O2. The molecule has 1 aromatic heterocycles.